The fraction of sp³-hybridized carbons (Fsp3) is 1.00. The van der Waals surface area contributed by atoms with Crippen molar-refractivity contribution in [1.82, 2.24) is 10.2 Å². The zero-order valence-electron chi connectivity index (χ0n) is 12.1. The molecule has 100 valence electrons. The van der Waals surface area contributed by atoms with E-state index in [1.807, 2.05) is 0 Å². The van der Waals surface area contributed by atoms with Gasteiger partial charge in [0.2, 0.25) is 0 Å². The molecule has 0 saturated heterocycles. The van der Waals surface area contributed by atoms with Crippen LogP contribution in [0.15, 0.2) is 0 Å². The first-order valence-corrected chi connectivity index (χ1v) is 7.58. The molecule has 0 heterocycles. The normalized spacial score (nSPS) is 36.2. The quantitative estimate of drug-likeness (QED) is 0.792. The summed E-state index contributed by atoms with van der Waals surface area (Å²) in [7, 11) is 2.36. The second-order valence-electron chi connectivity index (χ2n) is 6.39. The molecule has 0 aromatic rings. The van der Waals surface area contributed by atoms with Gasteiger partial charge in [-0.3, -0.25) is 4.90 Å². The molecule has 0 aliphatic heterocycles. The number of likely N-dealkylation sites (N-methyl/N-ethyl adjacent to an activating group) is 2. The molecule has 17 heavy (non-hydrogen) atoms. The van der Waals surface area contributed by atoms with E-state index in [1.165, 1.54) is 32.1 Å². The molecule has 2 aliphatic carbocycles. The maximum absolute atomic E-state index is 3.71. The average molecular weight is 238 g/mol. The summed E-state index contributed by atoms with van der Waals surface area (Å²) in [6, 6.07) is 2.27. The summed E-state index contributed by atoms with van der Waals surface area (Å²) < 4.78 is 0. The van der Waals surface area contributed by atoms with E-state index in [4.69, 9.17) is 0 Å². The van der Waals surface area contributed by atoms with Crippen LogP contribution in [0, 0.1) is 11.8 Å². The highest BCUT2D eigenvalue weighted by molar-refractivity contribution is 4.94. The zero-order chi connectivity index (χ0) is 12.4. The Balaban J connectivity index is 1.97. The van der Waals surface area contributed by atoms with E-state index in [9.17, 15) is 0 Å². The van der Waals surface area contributed by atoms with Crippen LogP contribution in [0.5, 0.6) is 0 Å². The maximum atomic E-state index is 3.71. The Morgan fingerprint density at radius 1 is 1.24 bits per heavy atom. The first kappa shape index (κ1) is 13.4. The molecule has 0 aromatic carbocycles. The van der Waals surface area contributed by atoms with Gasteiger partial charge < -0.3 is 5.32 Å². The van der Waals surface area contributed by atoms with E-state index in [0.717, 1.165) is 36.5 Å². The van der Waals surface area contributed by atoms with Crippen LogP contribution in [0.4, 0.5) is 0 Å². The van der Waals surface area contributed by atoms with Gasteiger partial charge in [-0.05, 0) is 64.5 Å². The van der Waals surface area contributed by atoms with Crippen LogP contribution in [-0.4, -0.2) is 36.6 Å². The summed E-state index contributed by atoms with van der Waals surface area (Å²) in [6.07, 6.45) is 7.06. The number of nitrogens with one attached hydrogen (secondary N) is 1. The molecule has 2 saturated carbocycles. The van der Waals surface area contributed by atoms with Gasteiger partial charge >= 0.3 is 0 Å². The predicted molar refractivity (Wildman–Crippen MR) is 74.2 cm³/mol. The smallest absolute Gasteiger partial charge is 0.0251 e. The zero-order valence-corrected chi connectivity index (χ0v) is 12.1. The summed E-state index contributed by atoms with van der Waals surface area (Å²) in [5, 5.41) is 3.71. The second-order valence-corrected chi connectivity index (χ2v) is 6.39. The third-order valence-corrected chi connectivity index (χ3v) is 5.01. The summed E-state index contributed by atoms with van der Waals surface area (Å²) in [4.78, 5) is 2.68. The highest BCUT2D eigenvalue weighted by Crippen LogP contribution is 2.37. The lowest BCUT2D eigenvalue weighted by molar-refractivity contribution is 0.0857. The molecular weight excluding hydrogens is 208 g/mol. The number of rotatable bonds is 5. The van der Waals surface area contributed by atoms with E-state index in [-0.39, 0.29) is 0 Å². The topological polar surface area (TPSA) is 15.3 Å². The van der Waals surface area contributed by atoms with Crippen LogP contribution in [0.25, 0.3) is 0 Å². The molecule has 2 nitrogen and oxygen atoms in total. The standard InChI is InChI=1S/C15H30N2/c1-5-16-14-9-6-11(2)10-15(14)17(4)12(3)13-7-8-13/h11-16H,5-10H2,1-4H3. The van der Waals surface area contributed by atoms with E-state index in [0.29, 0.717) is 0 Å². The second kappa shape index (κ2) is 5.71. The van der Waals surface area contributed by atoms with Crippen molar-refractivity contribution in [1.29, 1.82) is 0 Å². The minimum atomic E-state index is 0.724. The molecule has 2 rings (SSSR count). The molecule has 4 atom stereocenters. The monoisotopic (exact) mass is 238 g/mol. The van der Waals surface area contributed by atoms with E-state index >= 15 is 0 Å². The van der Waals surface area contributed by atoms with Crippen LogP contribution in [-0.2, 0) is 0 Å². The third kappa shape index (κ3) is 3.23. The summed E-state index contributed by atoms with van der Waals surface area (Å²) in [6.45, 7) is 8.20. The van der Waals surface area contributed by atoms with Crippen molar-refractivity contribution >= 4 is 0 Å². The molecule has 0 bridgehead atoms. The van der Waals surface area contributed by atoms with Crippen molar-refractivity contribution in [2.75, 3.05) is 13.6 Å². The fourth-order valence-electron chi connectivity index (χ4n) is 3.51. The Morgan fingerprint density at radius 3 is 2.53 bits per heavy atom. The summed E-state index contributed by atoms with van der Waals surface area (Å²) >= 11 is 0. The molecule has 0 aromatic heterocycles. The van der Waals surface area contributed by atoms with Crippen molar-refractivity contribution in [3.8, 4) is 0 Å². The van der Waals surface area contributed by atoms with Gasteiger partial charge in [-0.1, -0.05) is 13.8 Å². The Hall–Kier alpha value is -0.0800. The number of hydrogen-bond acceptors (Lipinski definition) is 2. The predicted octanol–water partition coefficient (Wildman–Crippen LogP) is 2.88. The van der Waals surface area contributed by atoms with E-state index < -0.39 is 0 Å². The van der Waals surface area contributed by atoms with Crippen LogP contribution in [0.3, 0.4) is 0 Å². The van der Waals surface area contributed by atoms with Gasteiger partial charge in [-0.2, -0.15) is 0 Å². The lowest BCUT2D eigenvalue weighted by Crippen LogP contribution is -2.54. The van der Waals surface area contributed by atoms with Gasteiger partial charge in [0.25, 0.3) is 0 Å². The highest BCUT2D eigenvalue weighted by Gasteiger charge is 2.37. The Kier molecular flexibility index (Phi) is 4.48. The molecular formula is C15H30N2. The van der Waals surface area contributed by atoms with Gasteiger partial charge in [0, 0.05) is 18.1 Å². The Bertz CT molecular complexity index is 237. The van der Waals surface area contributed by atoms with Crippen LogP contribution in [0.1, 0.15) is 52.9 Å². The van der Waals surface area contributed by atoms with E-state index in [1.54, 1.807) is 0 Å². The molecule has 1 N–H and O–H groups in total. The number of hydrogen-bond donors (Lipinski definition) is 1. The molecule has 4 unspecified atom stereocenters. The van der Waals surface area contributed by atoms with Gasteiger partial charge in [0.05, 0.1) is 0 Å². The first-order chi connectivity index (χ1) is 8.13. The minimum Gasteiger partial charge on any atom is -0.313 e. The van der Waals surface area contributed by atoms with Gasteiger partial charge in [-0.15, -0.1) is 0 Å². The van der Waals surface area contributed by atoms with Crippen LogP contribution >= 0.6 is 0 Å². The largest absolute Gasteiger partial charge is 0.313 e. The SMILES string of the molecule is CCNC1CCC(C)CC1N(C)C(C)C1CC1. The molecule has 0 radical (unpaired) electrons. The van der Waals surface area contributed by atoms with Crippen molar-refractivity contribution < 1.29 is 0 Å². The first-order valence-electron chi connectivity index (χ1n) is 7.58. The van der Waals surface area contributed by atoms with Crippen LogP contribution in [0.2, 0.25) is 0 Å². The Morgan fingerprint density at radius 2 is 1.94 bits per heavy atom. The molecule has 2 fully saturated rings. The molecule has 0 amide bonds. The Labute approximate surface area is 107 Å². The molecule has 2 aliphatic rings. The van der Waals surface area contributed by atoms with Gasteiger partial charge in [0.1, 0.15) is 0 Å². The van der Waals surface area contributed by atoms with Crippen molar-refractivity contribution in [2.45, 2.75) is 71.0 Å². The maximum Gasteiger partial charge on any atom is 0.0251 e. The molecule has 0 spiro atoms. The van der Waals surface area contributed by atoms with Crippen molar-refractivity contribution in [3.05, 3.63) is 0 Å². The highest BCUT2D eigenvalue weighted by atomic mass is 15.2. The third-order valence-electron chi connectivity index (χ3n) is 5.01. The minimum absolute atomic E-state index is 0.724. The van der Waals surface area contributed by atoms with Crippen molar-refractivity contribution in [3.63, 3.8) is 0 Å². The van der Waals surface area contributed by atoms with Crippen molar-refractivity contribution in [2.24, 2.45) is 11.8 Å². The number of nitrogens with zero attached hydrogens (tertiary/aromatic N) is 1. The van der Waals surface area contributed by atoms with E-state index in [2.05, 4.69) is 38.0 Å². The summed E-state index contributed by atoms with van der Waals surface area (Å²) in [5.74, 6) is 1.89. The average Bonchev–Trinajstić information content (AvgIpc) is 3.14. The lowest BCUT2D eigenvalue weighted by Gasteiger charge is -2.43. The fourth-order valence-corrected chi connectivity index (χ4v) is 3.51. The lowest BCUT2D eigenvalue weighted by atomic mass is 9.82. The van der Waals surface area contributed by atoms with Gasteiger partial charge in [-0.25, -0.2) is 0 Å². The van der Waals surface area contributed by atoms with Gasteiger partial charge in [0.15, 0.2) is 0 Å². The van der Waals surface area contributed by atoms with Crippen LogP contribution < -0.4 is 5.32 Å². The molecule has 2 heteroatoms. The summed E-state index contributed by atoms with van der Waals surface area (Å²) in [5.41, 5.74) is 0.